The van der Waals surface area contributed by atoms with Crippen molar-refractivity contribution in [1.29, 1.82) is 0 Å². The Labute approximate surface area is 196 Å². The number of methoxy groups -OCH3 is 1. The Morgan fingerprint density at radius 3 is 2.12 bits per heavy atom. The molecule has 0 unspecified atom stereocenters. The van der Waals surface area contributed by atoms with Crippen molar-refractivity contribution in [2.75, 3.05) is 7.11 Å². The van der Waals surface area contributed by atoms with Gasteiger partial charge in [0.1, 0.15) is 5.41 Å². The Morgan fingerprint density at radius 2 is 1.58 bits per heavy atom. The van der Waals surface area contributed by atoms with Crippen molar-refractivity contribution in [3.8, 4) is 0 Å². The zero-order chi connectivity index (χ0) is 24.1. The molecule has 0 saturated heterocycles. The molecule has 1 saturated carbocycles. The summed E-state index contributed by atoms with van der Waals surface area (Å²) in [6.45, 7) is 10.7. The van der Waals surface area contributed by atoms with Crippen LogP contribution in [-0.2, 0) is 14.0 Å². The third-order valence-electron chi connectivity index (χ3n) is 7.32. The molecule has 0 bridgehead atoms. The van der Waals surface area contributed by atoms with Gasteiger partial charge in [-0.1, -0.05) is 69.3 Å². The van der Waals surface area contributed by atoms with Gasteiger partial charge in [0.25, 0.3) is 5.91 Å². The first-order valence-electron chi connectivity index (χ1n) is 11.3. The van der Waals surface area contributed by atoms with E-state index in [1.165, 1.54) is 12.1 Å². The number of esters is 1. The predicted octanol–water partition coefficient (Wildman–Crippen LogP) is 5.22. The van der Waals surface area contributed by atoms with Gasteiger partial charge in [-0.25, -0.2) is 0 Å². The summed E-state index contributed by atoms with van der Waals surface area (Å²) in [6, 6.07) is 18.7. The zero-order valence-electron chi connectivity index (χ0n) is 20.2. The molecular formula is C26H32N2O4Si. The number of carbonyl (C=O) groups is 2. The Kier molecular flexibility index (Phi) is 5.61. The minimum absolute atomic E-state index is 0.114. The molecule has 33 heavy (non-hydrogen) atoms. The summed E-state index contributed by atoms with van der Waals surface area (Å²) < 4.78 is 12.2. The lowest BCUT2D eigenvalue weighted by Crippen LogP contribution is -2.57. The van der Waals surface area contributed by atoms with Crippen LogP contribution in [-0.4, -0.2) is 43.7 Å². The fourth-order valence-electron chi connectivity index (χ4n) is 4.32. The van der Waals surface area contributed by atoms with E-state index in [0.717, 1.165) is 5.56 Å². The molecule has 2 aromatic carbocycles. The molecule has 1 fully saturated rings. The Bertz CT molecular complexity index is 1090. The zero-order valence-corrected chi connectivity index (χ0v) is 21.2. The number of rotatable bonds is 5. The summed E-state index contributed by atoms with van der Waals surface area (Å²) in [4.78, 5) is 27.1. The SMILES string of the molecule is COC(=O)[C@@]12CC(c3ccccc3)=NN(C(=O)c3ccccc3)[C@]1(O[Si](C)(C)C(C)(C)C)C2. The van der Waals surface area contributed by atoms with Crippen molar-refractivity contribution in [2.24, 2.45) is 10.5 Å². The maximum absolute atomic E-state index is 13.8. The van der Waals surface area contributed by atoms with Crippen molar-refractivity contribution < 1.29 is 18.8 Å². The summed E-state index contributed by atoms with van der Waals surface area (Å²) in [5, 5.41) is 6.16. The van der Waals surface area contributed by atoms with E-state index >= 15 is 0 Å². The van der Waals surface area contributed by atoms with E-state index in [-0.39, 0.29) is 16.9 Å². The van der Waals surface area contributed by atoms with Crippen LogP contribution in [0.2, 0.25) is 18.1 Å². The first kappa shape index (κ1) is 23.4. The van der Waals surface area contributed by atoms with Crippen LogP contribution in [0.3, 0.4) is 0 Å². The standard InChI is InChI=1S/C26H32N2O4Si/c1-24(2,3)33(5,6)32-26-18-25(26,23(30)31-4)17-21(19-13-9-7-10-14-19)27-28(26)22(29)20-15-11-8-12-16-20/h7-16H,17-18H2,1-6H3/t25-,26-/m0/s1. The van der Waals surface area contributed by atoms with Crippen LogP contribution in [0.15, 0.2) is 65.8 Å². The predicted molar refractivity (Wildman–Crippen MR) is 130 cm³/mol. The molecule has 1 amide bonds. The van der Waals surface area contributed by atoms with E-state index in [1.54, 1.807) is 12.1 Å². The van der Waals surface area contributed by atoms with Crippen LogP contribution in [0.1, 0.15) is 49.5 Å². The number of fused-ring (bicyclic) bond motifs is 1. The lowest BCUT2D eigenvalue weighted by atomic mass is 9.91. The van der Waals surface area contributed by atoms with Crippen LogP contribution >= 0.6 is 0 Å². The lowest BCUT2D eigenvalue weighted by Gasteiger charge is -2.45. The summed E-state index contributed by atoms with van der Waals surface area (Å²) in [6.07, 6.45) is 0.717. The number of benzene rings is 2. The topological polar surface area (TPSA) is 68.2 Å². The van der Waals surface area contributed by atoms with E-state index < -0.39 is 19.5 Å². The van der Waals surface area contributed by atoms with Gasteiger partial charge < -0.3 is 9.16 Å². The monoisotopic (exact) mass is 464 g/mol. The third-order valence-corrected chi connectivity index (χ3v) is 11.8. The van der Waals surface area contributed by atoms with Gasteiger partial charge in [0.05, 0.1) is 12.8 Å². The minimum atomic E-state index is -2.39. The van der Waals surface area contributed by atoms with Gasteiger partial charge in [-0.2, -0.15) is 10.1 Å². The highest BCUT2D eigenvalue weighted by atomic mass is 28.4. The van der Waals surface area contributed by atoms with E-state index in [4.69, 9.17) is 14.3 Å². The maximum Gasteiger partial charge on any atom is 0.317 e. The number of hydrogen-bond acceptors (Lipinski definition) is 5. The van der Waals surface area contributed by atoms with Gasteiger partial charge in [-0.05, 0) is 35.8 Å². The lowest BCUT2D eigenvalue weighted by molar-refractivity contribution is -0.153. The van der Waals surface area contributed by atoms with Gasteiger partial charge in [0, 0.05) is 18.4 Å². The molecule has 6 nitrogen and oxygen atoms in total. The maximum atomic E-state index is 13.8. The average Bonchev–Trinajstić information content (AvgIpc) is 3.46. The van der Waals surface area contributed by atoms with Gasteiger partial charge in [-0.3, -0.25) is 9.59 Å². The molecule has 7 heteroatoms. The molecule has 1 aliphatic heterocycles. The molecule has 0 N–H and O–H groups in total. The van der Waals surface area contributed by atoms with E-state index in [2.05, 4.69) is 33.9 Å². The second-order valence-corrected chi connectivity index (χ2v) is 15.2. The normalized spacial score (nSPS) is 24.5. The second-order valence-electron chi connectivity index (χ2n) is 10.5. The van der Waals surface area contributed by atoms with Crippen molar-refractivity contribution in [2.45, 2.75) is 57.5 Å². The Hall–Kier alpha value is -2.77. The van der Waals surface area contributed by atoms with Crippen molar-refractivity contribution in [1.82, 2.24) is 5.01 Å². The van der Waals surface area contributed by atoms with Crippen molar-refractivity contribution >= 4 is 25.9 Å². The van der Waals surface area contributed by atoms with Crippen LogP contribution in [0, 0.1) is 5.41 Å². The van der Waals surface area contributed by atoms with E-state index in [0.29, 0.717) is 24.1 Å². The van der Waals surface area contributed by atoms with Gasteiger partial charge in [0.15, 0.2) is 14.0 Å². The molecule has 2 aromatic rings. The van der Waals surface area contributed by atoms with Gasteiger partial charge in [-0.15, -0.1) is 0 Å². The molecule has 0 radical (unpaired) electrons. The molecule has 1 heterocycles. The summed E-state index contributed by atoms with van der Waals surface area (Å²) in [7, 11) is -0.997. The molecular weight excluding hydrogens is 432 g/mol. The molecule has 0 spiro atoms. The van der Waals surface area contributed by atoms with Crippen LogP contribution in [0.25, 0.3) is 0 Å². The fraction of sp³-hybridized carbons (Fsp3) is 0.423. The van der Waals surface area contributed by atoms with Crippen molar-refractivity contribution in [3.05, 3.63) is 71.8 Å². The van der Waals surface area contributed by atoms with E-state index in [9.17, 15) is 9.59 Å². The second kappa shape index (κ2) is 7.92. The molecule has 0 aromatic heterocycles. The Balaban J connectivity index is 1.89. The highest BCUT2D eigenvalue weighted by Crippen LogP contribution is 2.68. The number of amides is 1. The summed E-state index contributed by atoms with van der Waals surface area (Å²) >= 11 is 0. The third kappa shape index (κ3) is 3.73. The smallest absolute Gasteiger partial charge is 0.317 e. The van der Waals surface area contributed by atoms with Gasteiger partial charge >= 0.3 is 5.97 Å². The first-order chi connectivity index (χ1) is 15.5. The van der Waals surface area contributed by atoms with Crippen molar-refractivity contribution in [3.63, 3.8) is 0 Å². The largest absolute Gasteiger partial charge is 0.468 e. The highest BCUT2D eigenvalue weighted by Gasteiger charge is 2.81. The first-order valence-corrected chi connectivity index (χ1v) is 14.2. The number of hydrazone groups is 1. The van der Waals surface area contributed by atoms with Crippen LogP contribution in [0.5, 0.6) is 0 Å². The number of ether oxygens (including phenoxy) is 1. The van der Waals surface area contributed by atoms with Gasteiger partial charge in [0.2, 0.25) is 0 Å². The summed E-state index contributed by atoms with van der Waals surface area (Å²) in [5.74, 6) is -0.649. The average molecular weight is 465 g/mol. The number of hydrogen-bond donors (Lipinski definition) is 0. The molecule has 1 aliphatic carbocycles. The number of carbonyl (C=O) groups excluding carboxylic acids is 2. The highest BCUT2D eigenvalue weighted by molar-refractivity contribution is 6.74. The van der Waals surface area contributed by atoms with Crippen LogP contribution < -0.4 is 0 Å². The molecule has 174 valence electrons. The number of nitrogens with zero attached hydrogens (tertiary/aromatic N) is 2. The molecule has 2 atom stereocenters. The Morgan fingerprint density at radius 1 is 1.00 bits per heavy atom. The molecule has 2 aliphatic rings. The fourth-order valence-corrected chi connectivity index (χ4v) is 5.82. The quantitative estimate of drug-likeness (QED) is 0.449. The summed E-state index contributed by atoms with van der Waals surface area (Å²) in [5.41, 5.74) is -0.0979. The molecule has 4 rings (SSSR count). The minimum Gasteiger partial charge on any atom is -0.468 e. The van der Waals surface area contributed by atoms with Crippen LogP contribution in [0.4, 0.5) is 0 Å². The van der Waals surface area contributed by atoms with E-state index in [1.807, 2.05) is 48.5 Å².